The van der Waals surface area contributed by atoms with E-state index in [-0.39, 0.29) is 0 Å². The van der Waals surface area contributed by atoms with Crippen LogP contribution in [0.3, 0.4) is 0 Å². The molecule has 0 saturated carbocycles. The third kappa shape index (κ3) is 3.86. The minimum absolute atomic E-state index is 0.622. The minimum Gasteiger partial charge on any atom is -0.497 e. The Morgan fingerprint density at radius 3 is 2.10 bits per heavy atom. The maximum absolute atomic E-state index is 10.4. The highest BCUT2D eigenvalue weighted by Crippen LogP contribution is 2.27. The number of aliphatic hydroxyl groups is 1. The largest absolute Gasteiger partial charge is 0.497 e. The molecule has 1 N–H and O–H groups in total. The SMILES string of the molecule is COc1cc(/C=C(\C)C(O)c2ccccc2)cc(OC)c1. The van der Waals surface area contributed by atoms with E-state index in [4.69, 9.17) is 9.47 Å². The summed E-state index contributed by atoms with van der Waals surface area (Å²) in [7, 11) is 3.24. The van der Waals surface area contributed by atoms with Gasteiger partial charge in [0.15, 0.2) is 0 Å². The molecule has 1 unspecified atom stereocenters. The van der Waals surface area contributed by atoms with Crippen molar-refractivity contribution in [3.05, 3.63) is 65.2 Å². The van der Waals surface area contributed by atoms with Crippen LogP contribution in [0.25, 0.3) is 6.08 Å². The normalized spacial score (nSPS) is 12.9. The van der Waals surface area contributed by atoms with Gasteiger partial charge in [0.05, 0.1) is 14.2 Å². The zero-order valence-corrected chi connectivity index (χ0v) is 12.5. The maximum Gasteiger partial charge on any atom is 0.123 e. The van der Waals surface area contributed by atoms with E-state index < -0.39 is 6.10 Å². The van der Waals surface area contributed by atoms with Crippen molar-refractivity contribution in [1.29, 1.82) is 0 Å². The predicted octanol–water partition coefficient (Wildman–Crippen LogP) is 3.84. The summed E-state index contributed by atoms with van der Waals surface area (Å²) in [4.78, 5) is 0. The molecule has 2 aromatic carbocycles. The van der Waals surface area contributed by atoms with Gasteiger partial charge in [0.2, 0.25) is 0 Å². The zero-order chi connectivity index (χ0) is 15.2. The average molecular weight is 284 g/mol. The lowest BCUT2D eigenvalue weighted by molar-refractivity contribution is 0.217. The maximum atomic E-state index is 10.4. The van der Waals surface area contributed by atoms with Crippen molar-refractivity contribution < 1.29 is 14.6 Å². The van der Waals surface area contributed by atoms with Crippen LogP contribution < -0.4 is 9.47 Å². The second kappa shape index (κ2) is 6.95. The first-order valence-electron chi connectivity index (χ1n) is 6.78. The van der Waals surface area contributed by atoms with Crippen LogP contribution in [-0.4, -0.2) is 19.3 Å². The van der Waals surface area contributed by atoms with Crippen LogP contribution >= 0.6 is 0 Å². The Balaban J connectivity index is 2.30. The molecule has 3 heteroatoms. The number of ether oxygens (including phenoxy) is 2. The smallest absolute Gasteiger partial charge is 0.123 e. The van der Waals surface area contributed by atoms with Gasteiger partial charge in [0.1, 0.15) is 17.6 Å². The van der Waals surface area contributed by atoms with Gasteiger partial charge in [-0.15, -0.1) is 0 Å². The van der Waals surface area contributed by atoms with Crippen LogP contribution in [0, 0.1) is 0 Å². The summed E-state index contributed by atoms with van der Waals surface area (Å²) in [6.07, 6.45) is 1.31. The highest BCUT2D eigenvalue weighted by Gasteiger charge is 2.09. The number of benzene rings is 2. The number of rotatable bonds is 5. The molecule has 21 heavy (non-hydrogen) atoms. The van der Waals surface area contributed by atoms with Gasteiger partial charge in [0.25, 0.3) is 0 Å². The Labute approximate surface area is 125 Å². The van der Waals surface area contributed by atoms with Gasteiger partial charge in [-0.05, 0) is 35.8 Å². The molecule has 2 aromatic rings. The third-order valence-corrected chi connectivity index (χ3v) is 3.31. The van der Waals surface area contributed by atoms with Gasteiger partial charge in [-0.2, -0.15) is 0 Å². The second-order valence-corrected chi connectivity index (χ2v) is 4.85. The first-order chi connectivity index (χ1) is 10.1. The summed E-state index contributed by atoms with van der Waals surface area (Å²) in [5.41, 5.74) is 2.66. The van der Waals surface area contributed by atoms with Crippen molar-refractivity contribution in [2.75, 3.05) is 14.2 Å². The molecule has 2 rings (SSSR count). The van der Waals surface area contributed by atoms with E-state index in [1.54, 1.807) is 14.2 Å². The Bertz CT molecular complexity index is 595. The van der Waals surface area contributed by atoms with Crippen molar-refractivity contribution >= 4 is 6.08 Å². The molecule has 0 aromatic heterocycles. The molecule has 0 aliphatic rings. The number of hydrogen-bond donors (Lipinski definition) is 1. The third-order valence-electron chi connectivity index (χ3n) is 3.31. The summed E-state index contributed by atoms with van der Waals surface area (Å²) < 4.78 is 10.5. The van der Waals surface area contributed by atoms with Crippen molar-refractivity contribution in [3.8, 4) is 11.5 Å². The van der Waals surface area contributed by atoms with Crippen LogP contribution in [0.2, 0.25) is 0 Å². The molecule has 0 aliphatic carbocycles. The summed E-state index contributed by atoms with van der Waals surface area (Å²) in [5, 5.41) is 10.4. The second-order valence-electron chi connectivity index (χ2n) is 4.85. The molecule has 0 bridgehead atoms. The number of hydrogen-bond acceptors (Lipinski definition) is 3. The Hall–Kier alpha value is -2.26. The fourth-order valence-corrected chi connectivity index (χ4v) is 2.15. The predicted molar refractivity (Wildman–Crippen MR) is 84.6 cm³/mol. The average Bonchev–Trinajstić information content (AvgIpc) is 2.54. The van der Waals surface area contributed by atoms with Gasteiger partial charge in [-0.3, -0.25) is 0 Å². The fraction of sp³-hybridized carbons (Fsp3) is 0.222. The fourth-order valence-electron chi connectivity index (χ4n) is 2.15. The van der Waals surface area contributed by atoms with Crippen molar-refractivity contribution in [2.45, 2.75) is 13.0 Å². The van der Waals surface area contributed by atoms with Crippen LogP contribution in [0.4, 0.5) is 0 Å². The molecule has 0 fully saturated rings. The molecule has 0 amide bonds. The van der Waals surface area contributed by atoms with E-state index in [2.05, 4.69) is 0 Å². The lowest BCUT2D eigenvalue weighted by Gasteiger charge is -2.12. The quantitative estimate of drug-likeness (QED) is 0.906. The summed E-state index contributed by atoms with van der Waals surface area (Å²) >= 11 is 0. The molecule has 3 nitrogen and oxygen atoms in total. The summed E-state index contributed by atoms with van der Waals surface area (Å²) in [6, 6.07) is 15.2. The summed E-state index contributed by atoms with van der Waals surface area (Å²) in [5.74, 6) is 1.45. The lowest BCUT2D eigenvalue weighted by Crippen LogP contribution is -1.98. The Kier molecular flexibility index (Phi) is 5.01. The molecule has 0 heterocycles. The molecular weight excluding hydrogens is 264 g/mol. The lowest BCUT2D eigenvalue weighted by atomic mass is 10.0. The van der Waals surface area contributed by atoms with E-state index in [0.29, 0.717) is 0 Å². The van der Waals surface area contributed by atoms with Crippen LogP contribution in [0.5, 0.6) is 11.5 Å². The molecule has 0 radical (unpaired) electrons. The molecule has 1 atom stereocenters. The monoisotopic (exact) mass is 284 g/mol. The molecule has 110 valence electrons. The topological polar surface area (TPSA) is 38.7 Å². The van der Waals surface area contributed by atoms with Gasteiger partial charge in [-0.25, -0.2) is 0 Å². The molecular formula is C18H20O3. The molecule has 0 aliphatic heterocycles. The van der Waals surface area contributed by atoms with Gasteiger partial charge in [0, 0.05) is 6.07 Å². The first kappa shape index (κ1) is 15.1. The van der Waals surface area contributed by atoms with E-state index in [1.165, 1.54) is 0 Å². The highest BCUT2D eigenvalue weighted by molar-refractivity contribution is 5.58. The van der Waals surface area contributed by atoms with Crippen molar-refractivity contribution in [3.63, 3.8) is 0 Å². The number of methoxy groups -OCH3 is 2. The number of aliphatic hydroxyl groups excluding tert-OH is 1. The van der Waals surface area contributed by atoms with Gasteiger partial charge in [-0.1, -0.05) is 36.4 Å². The van der Waals surface area contributed by atoms with E-state index in [9.17, 15) is 5.11 Å². The van der Waals surface area contributed by atoms with E-state index in [1.807, 2.05) is 61.5 Å². The first-order valence-corrected chi connectivity index (χ1v) is 6.78. The van der Waals surface area contributed by atoms with E-state index in [0.717, 1.165) is 28.2 Å². The standard InChI is InChI=1S/C18H20O3/c1-13(18(19)15-7-5-4-6-8-15)9-14-10-16(20-2)12-17(11-14)21-3/h4-12,18-19H,1-3H3/b13-9+. The highest BCUT2D eigenvalue weighted by atomic mass is 16.5. The van der Waals surface area contributed by atoms with Crippen LogP contribution in [-0.2, 0) is 0 Å². The minimum atomic E-state index is -0.622. The Morgan fingerprint density at radius 2 is 1.57 bits per heavy atom. The summed E-state index contributed by atoms with van der Waals surface area (Å²) in [6.45, 7) is 1.91. The van der Waals surface area contributed by atoms with Crippen molar-refractivity contribution in [2.24, 2.45) is 0 Å². The van der Waals surface area contributed by atoms with E-state index >= 15 is 0 Å². The molecule has 0 saturated heterocycles. The van der Waals surface area contributed by atoms with Crippen LogP contribution in [0.15, 0.2) is 54.1 Å². The van der Waals surface area contributed by atoms with Gasteiger partial charge < -0.3 is 14.6 Å². The zero-order valence-electron chi connectivity index (χ0n) is 12.5. The Morgan fingerprint density at radius 1 is 1.00 bits per heavy atom. The molecule has 0 spiro atoms. The van der Waals surface area contributed by atoms with Gasteiger partial charge >= 0.3 is 0 Å². The van der Waals surface area contributed by atoms with Crippen molar-refractivity contribution in [1.82, 2.24) is 0 Å². The van der Waals surface area contributed by atoms with Crippen LogP contribution in [0.1, 0.15) is 24.2 Å².